The van der Waals surface area contributed by atoms with Crippen molar-refractivity contribution in [2.24, 2.45) is 11.3 Å². The maximum absolute atomic E-state index is 12.5. The third kappa shape index (κ3) is 4.22. The fourth-order valence-corrected chi connectivity index (χ4v) is 5.30. The standard InChI is InChI=1S/C27H26N6O3/c34-25-22-21(15-28-32-25)30-23(18-4-2-1-3-5-18)31-24(22)29-19-8-6-17(7-9-19)16-33-12-10-27(11-13-33)14-20(27)26(35)36/h1-9,15,20H,10-14,16H2,(H,32,34)(H,35,36)(H,29,30,31). The summed E-state index contributed by atoms with van der Waals surface area (Å²) in [4.78, 5) is 35.4. The van der Waals surface area contributed by atoms with Gasteiger partial charge in [-0.05, 0) is 55.5 Å². The molecular weight excluding hydrogens is 456 g/mol. The lowest BCUT2D eigenvalue weighted by Crippen LogP contribution is -2.35. The highest BCUT2D eigenvalue weighted by molar-refractivity contribution is 5.91. The number of carboxylic acids is 1. The monoisotopic (exact) mass is 482 g/mol. The number of H-pyrrole nitrogens is 1. The minimum atomic E-state index is -0.642. The van der Waals surface area contributed by atoms with Crippen molar-refractivity contribution in [1.29, 1.82) is 0 Å². The molecule has 1 aliphatic heterocycles. The molecule has 2 aromatic heterocycles. The molecule has 36 heavy (non-hydrogen) atoms. The molecule has 1 aliphatic carbocycles. The lowest BCUT2D eigenvalue weighted by molar-refractivity contribution is -0.139. The van der Waals surface area contributed by atoms with Crippen molar-refractivity contribution < 1.29 is 9.90 Å². The van der Waals surface area contributed by atoms with Crippen LogP contribution in [0.4, 0.5) is 11.5 Å². The number of fused-ring (bicyclic) bond motifs is 1. The normalized spacial score (nSPS) is 18.8. The van der Waals surface area contributed by atoms with Crippen LogP contribution < -0.4 is 10.9 Å². The van der Waals surface area contributed by atoms with Gasteiger partial charge in [0, 0.05) is 17.8 Å². The molecule has 2 fully saturated rings. The second kappa shape index (κ2) is 8.83. The Morgan fingerprint density at radius 2 is 1.83 bits per heavy atom. The number of likely N-dealkylation sites (tertiary alicyclic amines) is 1. The van der Waals surface area contributed by atoms with Gasteiger partial charge in [0.15, 0.2) is 5.82 Å². The molecule has 182 valence electrons. The van der Waals surface area contributed by atoms with Crippen LogP contribution in [0.5, 0.6) is 0 Å². The number of carbonyl (C=O) groups is 1. The summed E-state index contributed by atoms with van der Waals surface area (Å²) in [5.41, 5.74) is 3.01. The Morgan fingerprint density at radius 1 is 1.08 bits per heavy atom. The molecular formula is C27H26N6O3. The van der Waals surface area contributed by atoms with E-state index in [-0.39, 0.29) is 16.9 Å². The minimum Gasteiger partial charge on any atom is -0.481 e. The highest BCUT2D eigenvalue weighted by atomic mass is 16.4. The summed E-state index contributed by atoms with van der Waals surface area (Å²) < 4.78 is 0. The molecule has 0 radical (unpaired) electrons. The predicted molar refractivity (Wildman–Crippen MR) is 136 cm³/mol. The maximum atomic E-state index is 12.5. The van der Waals surface area contributed by atoms with Gasteiger partial charge in [-0.2, -0.15) is 5.10 Å². The summed E-state index contributed by atoms with van der Waals surface area (Å²) in [6, 6.07) is 17.7. The van der Waals surface area contributed by atoms with Crippen molar-refractivity contribution in [3.05, 3.63) is 76.7 Å². The summed E-state index contributed by atoms with van der Waals surface area (Å²) in [6.07, 6.45) is 4.27. The molecule has 1 spiro atoms. The number of carboxylic acid groups (broad SMARTS) is 1. The number of piperidine rings is 1. The average Bonchev–Trinajstić information content (AvgIpc) is 3.61. The van der Waals surface area contributed by atoms with Crippen LogP contribution in [-0.4, -0.2) is 49.2 Å². The SMILES string of the molecule is O=C(O)C1CC12CCN(Cc1ccc(Nc3nc(-c4ccccc4)nc4cn[nH]c(=O)c34)cc1)CC2. The zero-order valence-corrected chi connectivity index (χ0v) is 19.6. The largest absolute Gasteiger partial charge is 0.481 e. The summed E-state index contributed by atoms with van der Waals surface area (Å²) in [5, 5.41) is 19.3. The van der Waals surface area contributed by atoms with Gasteiger partial charge in [-0.25, -0.2) is 15.1 Å². The van der Waals surface area contributed by atoms with Crippen LogP contribution in [0.25, 0.3) is 22.3 Å². The van der Waals surface area contributed by atoms with Gasteiger partial charge < -0.3 is 10.4 Å². The Kier molecular flexibility index (Phi) is 5.49. The Labute approximate surface area is 207 Å². The zero-order valence-electron chi connectivity index (χ0n) is 19.6. The number of benzene rings is 2. The van der Waals surface area contributed by atoms with E-state index in [4.69, 9.17) is 0 Å². The van der Waals surface area contributed by atoms with Gasteiger partial charge >= 0.3 is 5.97 Å². The highest BCUT2D eigenvalue weighted by Gasteiger charge is 2.58. The van der Waals surface area contributed by atoms with Gasteiger partial charge in [0.05, 0.1) is 12.1 Å². The van der Waals surface area contributed by atoms with Gasteiger partial charge in [-0.1, -0.05) is 42.5 Å². The summed E-state index contributed by atoms with van der Waals surface area (Å²) in [7, 11) is 0. The second-order valence-electron chi connectivity index (χ2n) is 9.78. The van der Waals surface area contributed by atoms with Crippen molar-refractivity contribution in [3.8, 4) is 11.4 Å². The van der Waals surface area contributed by atoms with E-state index >= 15 is 0 Å². The first-order chi connectivity index (χ1) is 17.5. The van der Waals surface area contributed by atoms with E-state index in [0.717, 1.165) is 50.1 Å². The molecule has 2 aromatic carbocycles. The fourth-order valence-electron chi connectivity index (χ4n) is 5.30. The van der Waals surface area contributed by atoms with Gasteiger partial charge in [0.2, 0.25) is 0 Å². The molecule has 4 aromatic rings. The molecule has 6 rings (SSSR count). The number of nitrogens with zero attached hydrogens (tertiary/aromatic N) is 4. The maximum Gasteiger partial charge on any atom is 0.307 e. The van der Waals surface area contributed by atoms with E-state index in [0.29, 0.717) is 22.5 Å². The zero-order chi connectivity index (χ0) is 24.7. The lowest BCUT2D eigenvalue weighted by Gasteiger charge is -2.32. The number of hydrogen-bond donors (Lipinski definition) is 3. The number of nitrogens with one attached hydrogen (secondary N) is 2. The Hall–Kier alpha value is -4.11. The Balaban J connectivity index is 1.19. The molecule has 1 atom stereocenters. The van der Waals surface area contributed by atoms with Crippen molar-refractivity contribution in [2.45, 2.75) is 25.8 Å². The Bertz CT molecular complexity index is 1480. The van der Waals surface area contributed by atoms with Crippen molar-refractivity contribution >= 4 is 28.4 Å². The van der Waals surface area contributed by atoms with Gasteiger partial charge in [-0.3, -0.25) is 14.5 Å². The van der Waals surface area contributed by atoms with Gasteiger partial charge in [-0.15, -0.1) is 0 Å². The molecule has 1 saturated heterocycles. The molecule has 3 heterocycles. The predicted octanol–water partition coefficient (Wildman–Crippen LogP) is 3.81. The fraction of sp³-hybridized carbons (Fsp3) is 0.296. The van der Waals surface area contributed by atoms with Gasteiger partial charge in [0.1, 0.15) is 16.7 Å². The van der Waals surface area contributed by atoms with Crippen molar-refractivity contribution in [2.75, 3.05) is 18.4 Å². The summed E-state index contributed by atoms with van der Waals surface area (Å²) in [5.74, 6) is 0.151. The quantitative estimate of drug-likeness (QED) is 0.379. The van der Waals surface area contributed by atoms with Crippen LogP contribution >= 0.6 is 0 Å². The number of aliphatic carboxylic acids is 1. The smallest absolute Gasteiger partial charge is 0.307 e. The molecule has 0 bridgehead atoms. The van der Waals surface area contributed by atoms with Crippen LogP contribution in [0, 0.1) is 11.3 Å². The molecule has 9 nitrogen and oxygen atoms in total. The highest BCUT2D eigenvalue weighted by Crippen LogP contribution is 2.59. The van der Waals surface area contributed by atoms with Crippen LogP contribution in [0.1, 0.15) is 24.8 Å². The Morgan fingerprint density at radius 3 is 2.53 bits per heavy atom. The molecule has 2 aliphatic rings. The lowest BCUT2D eigenvalue weighted by atomic mass is 9.90. The summed E-state index contributed by atoms with van der Waals surface area (Å²) in [6.45, 7) is 2.68. The van der Waals surface area contributed by atoms with E-state index in [1.54, 1.807) is 0 Å². The molecule has 9 heteroatoms. The van der Waals surface area contributed by atoms with Crippen LogP contribution in [-0.2, 0) is 11.3 Å². The van der Waals surface area contributed by atoms with Crippen molar-refractivity contribution in [3.63, 3.8) is 0 Å². The topological polar surface area (TPSA) is 124 Å². The van der Waals surface area contributed by atoms with E-state index in [1.807, 2.05) is 42.5 Å². The van der Waals surface area contributed by atoms with Gasteiger partial charge in [0.25, 0.3) is 5.56 Å². The average molecular weight is 483 g/mol. The molecule has 0 amide bonds. The number of anilines is 2. The molecule has 1 saturated carbocycles. The molecule has 1 unspecified atom stereocenters. The van der Waals surface area contributed by atoms with Crippen LogP contribution in [0.15, 0.2) is 65.6 Å². The van der Waals surface area contributed by atoms with Crippen LogP contribution in [0.2, 0.25) is 0 Å². The third-order valence-corrected chi connectivity index (χ3v) is 7.51. The summed E-state index contributed by atoms with van der Waals surface area (Å²) >= 11 is 0. The number of aromatic amines is 1. The van der Waals surface area contributed by atoms with E-state index in [2.05, 4.69) is 42.5 Å². The van der Waals surface area contributed by atoms with E-state index in [9.17, 15) is 14.7 Å². The first-order valence-corrected chi connectivity index (χ1v) is 12.1. The third-order valence-electron chi connectivity index (χ3n) is 7.51. The first-order valence-electron chi connectivity index (χ1n) is 12.1. The number of hydrogen-bond acceptors (Lipinski definition) is 7. The second-order valence-corrected chi connectivity index (χ2v) is 9.78. The van der Waals surface area contributed by atoms with E-state index in [1.165, 1.54) is 11.8 Å². The minimum absolute atomic E-state index is 0.0440. The first kappa shape index (κ1) is 22.4. The molecule has 3 N–H and O–H groups in total. The number of aromatic nitrogens is 4. The van der Waals surface area contributed by atoms with Crippen molar-refractivity contribution in [1.82, 2.24) is 25.1 Å². The van der Waals surface area contributed by atoms with E-state index < -0.39 is 5.97 Å². The number of rotatable bonds is 6. The van der Waals surface area contributed by atoms with Crippen LogP contribution in [0.3, 0.4) is 0 Å².